The highest BCUT2D eigenvalue weighted by Gasteiger charge is 2.32. The number of fused-ring (bicyclic) bond motifs is 1. The second kappa shape index (κ2) is 9.66. The van der Waals surface area contributed by atoms with E-state index in [2.05, 4.69) is 15.4 Å². The van der Waals surface area contributed by atoms with Crippen LogP contribution in [0.4, 0.5) is 25.1 Å². The number of para-hydroxylation sites is 1. The van der Waals surface area contributed by atoms with Gasteiger partial charge in [0, 0.05) is 18.1 Å². The van der Waals surface area contributed by atoms with Crippen molar-refractivity contribution in [2.45, 2.75) is 20.3 Å². The van der Waals surface area contributed by atoms with Gasteiger partial charge in [0.15, 0.2) is 17.4 Å². The Kier molecular flexibility index (Phi) is 6.10. The minimum atomic E-state index is -0.863. The number of aromatic nitrogens is 3. The van der Waals surface area contributed by atoms with E-state index in [4.69, 9.17) is 10.5 Å². The molecule has 2 aromatic heterocycles. The summed E-state index contributed by atoms with van der Waals surface area (Å²) in [5, 5.41) is 6.79. The molecule has 0 bridgehead atoms. The van der Waals surface area contributed by atoms with Gasteiger partial charge in [-0.2, -0.15) is 5.10 Å². The molecule has 3 amide bonds. The standard InChI is InChI=1S/C29H22F2N6O4/c1-14-6-16-8-18(9-17(16)10-22(14)36-25(38)13-34-29(36)40)26(39)19-11-35-37(28(19)32)23-12-33-24(7-15(23)2)41-27-20(30)4-3-5-21(27)31/h3-8,10-12H,9,13,32H2,1-2H3,(H,34,40). The van der Waals surface area contributed by atoms with Crippen molar-refractivity contribution in [2.24, 2.45) is 0 Å². The largest absolute Gasteiger partial charge is 0.433 e. The second-order valence-corrected chi connectivity index (χ2v) is 9.72. The van der Waals surface area contributed by atoms with E-state index in [0.717, 1.165) is 33.7 Å². The van der Waals surface area contributed by atoms with E-state index in [1.54, 1.807) is 26.0 Å². The molecule has 206 valence electrons. The number of imide groups is 1. The van der Waals surface area contributed by atoms with Gasteiger partial charge in [0.25, 0.3) is 5.91 Å². The Hall–Kier alpha value is -5.39. The van der Waals surface area contributed by atoms with Crippen molar-refractivity contribution in [1.82, 2.24) is 20.1 Å². The molecule has 41 heavy (non-hydrogen) atoms. The predicted molar refractivity (Wildman–Crippen MR) is 145 cm³/mol. The SMILES string of the molecule is Cc1cc2c(cc1N1C(=O)CNC1=O)CC(C(=O)c1cnn(-c3cnc(Oc4c(F)cccc4F)cc3C)c1N)=C2. The number of aryl methyl sites for hydroxylation is 2. The Morgan fingerprint density at radius 1 is 1.05 bits per heavy atom. The third kappa shape index (κ3) is 4.39. The van der Waals surface area contributed by atoms with Gasteiger partial charge in [-0.1, -0.05) is 6.07 Å². The van der Waals surface area contributed by atoms with E-state index in [9.17, 15) is 23.2 Å². The highest BCUT2D eigenvalue weighted by molar-refractivity contribution is 6.20. The molecule has 4 aromatic rings. The van der Waals surface area contributed by atoms with E-state index in [-0.39, 0.29) is 41.9 Å². The van der Waals surface area contributed by atoms with Crippen molar-refractivity contribution in [3.05, 3.63) is 93.8 Å². The fourth-order valence-electron chi connectivity index (χ4n) is 4.93. The summed E-state index contributed by atoms with van der Waals surface area (Å²) in [6, 6.07) is 7.97. The fraction of sp³-hybridized carbons (Fsp3) is 0.138. The number of hydrogen-bond acceptors (Lipinski definition) is 7. The van der Waals surface area contributed by atoms with Crippen LogP contribution in [0, 0.1) is 25.5 Å². The number of amides is 3. The number of nitrogens with zero attached hydrogens (tertiary/aromatic N) is 4. The number of halogens is 2. The van der Waals surface area contributed by atoms with Crippen LogP contribution in [-0.2, 0) is 11.2 Å². The minimum absolute atomic E-state index is 0.0334. The molecule has 0 spiro atoms. The van der Waals surface area contributed by atoms with Crippen LogP contribution < -0.4 is 20.7 Å². The van der Waals surface area contributed by atoms with E-state index in [1.165, 1.54) is 29.2 Å². The molecule has 3 heterocycles. The molecule has 0 radical (unpaired) electrons. The minimum Gasteiger partial charge on any atom is -0.433 e. The number of benzene rings is 2. The lowest BCUT2D eigenvalue weighted by Crippen LogP contribution is -2.31. The topological polar surface area (TPSA) is 132 Å². The molecule has 12 heteroatoms. The van der Waals surface area contributed by atoms with Crippen LogP contribution in [0.1, 0.15) is 32.6 Å². The molecule has 10 nitrogen and oxygen atoms in total. The highest BCUT2D eigenvalue weighted by atomic mass is 19.1. The Morgan fingerprint density at radius 3 is 2.46 bits per heavy atom. The zero-order chi connectivity index (χ0) is 29.0. The van der Waals surface area contributed by atoms with Crippen LogP contribution >= 0.6 is 0 Å². The Balaban J connectivity index is 1.24. The number of nitrogens with two attached hydrogens (primary N) is 1. The zero-order valence-electron chi connectivity index (χ0n) is 21.9. The number of rotatable bonds is 6. The van der Waals surface area contributed by atoms with Crippen molar-refractivity contribution in [3.63, 3.8) is 0 Å². The summed E-state index contributed by atoms with van der Waals surface area (Å²) >= 11 is 0. The first-order chi connectivity index (χ1) is 19.6. The molecule has 0 atom stereocenters. The van der Waals surface area contributed by atoms with Crippen molar-refractivity contribution >= 4 is 35.3 Å². The Labute approximate surface area is 232 Å². The first-order valence-electron chi connectivity index (χ1n) is 12.5. The van der Waals surface area contributed by atoms with Crippen molar-refractivity contribution < 1.29 is 27.9 Å². The summed E-state index contributed by atoms with van der Waals surface area (Å²) in [7, 11) is 0. The monoisotopic (exact) mass is 556 g/mol. The molecule has 0 unspecified atom stereocenters. The molecular formula is C29H22F2N6O4. The van der Waals surface area contributed by atoms with E-state index < -0.39 is 23.4 Å². The number of pyridine rings is 1. The summed E-state index contributed by atoms with van der Waals surface area (Å²) in [5.41, 5.74) is 10.8. The van der Waals surface area contributed by atoms with Gasteiger partial charge in [-0.3, -0.25) is 9.59 Å². The van der Waals surface area contributed by atoms with Gasteiger partial charge >= 0.3 is 6.03 Å². The number of anilines is 2. The van der Waals surface area contributed by atoms with Crippen molar-refractivity contribution in [1.29, 1.82) is 0 Å². The Bertz CT molecular complexity index is 1790. The Morgan fingerprint density at radius 2 is 1.78 bits per heavy atom. The average Bonchev–Trinajstić information content (AvgIpc) is 3.62. The normalized spacial score (nSPS) is 14.2. The molecule has 1 aliphatic heterocycles. The lowest BCUT2D eigenvalue weighted by molar-refractivity contribution is -0.115. The van der Waals surface area contributed by atoms with Crippen LogP contribution in [0.25, 0.3) is 11.8 Å². The van der Waals surface area contributed by atoms with Gasteiger partial charge in [0.1, 0.15) is 5.82 Å². The predicted octanol–water partition coefficient (Wildman–Crippen LogP) is 4.42. The number of nitrogen functional groups attached to an aromatic ring is 1. The number of ether oxygens (including phenoxy) is 1. The van der Waals surface area contributed by atoms with Crippen molar-refractivity contribution in [2.75, 3.05) is 17.2 Å². The molecule has 1 aliphatic carbocycles. The smallest absolute Gasteiger partial charge is 0.329 e. The van der Waals surface area contributed by atoms with Crippen LogP contribution in [-0.4, -0.2) is 39.0 Å². The molecule has 3 N–H and O–H groups in total. The average molecular weight is 557 g/mol. The van der Waals surface area contributed by atoms with Crippen LogP contribution in [0.2, 0.25) is 0 Å². The van der Waals surface area contributed by atoms with Crippen LogP contribution in [0.3, 0.4) is 0 Å². The summed E-state index contributed by atoms with van der Waals surface area (Å²) in [6.45, 7) is 3.45. The van der Waals surface area contributed by atoms with Crippen LogP contribution in [0.15, 0.2) is 54.4 Å². The van der Waals surface area contributed by atoms with Crippen LogP contribution in [0.5, 0.6) is 11.6 Å². The van der Waals surface area contributed by atoms with Gasteiger partial charge in [0.2, 0.25) is 11.6 Å². The van der Waals surface area contributed by atoms with Gasteiger partial charge in [-0.05, 0) is 66.4 Å². The summed E-state index contributed by atoms with van der Waals surface area (Å²) < 4.78 is 34.6. The maximum atomic E-state index is 14.0. The van der Waals surface area contributed by atoms with Gasteiger partial charge < -0.3 is 15.8 Å². The highest BCUT2D eigenvalue weighted by Crippen LogP contribution is 2.35. The molecule has 1 fully saturated rings. The number of carbonyl (C=O) groups is 3. The van der Waals surface area contributed by atoms with Gasteiger partial charge in [-0.15, -0.1) is 0 Å². The molecular weight excluding hydrogens is 534 g/mol. The zero-order valence-corrected chi connectivity index (χ0v) is 21.9. The lowest BCUT2D eigenvalue weighted by atomic mass is 10.0. The molecule has 2 aliphatic rings. The lowest BCUT2D eigenvalue weighted by Gasteiger charge is -2.17. The van der Waals surface area contributed by atoms with E-state index in [1.807, 2.05) is 6.07 Å². The number of hydrogen-bond donors (Lipinski definition) is 2. The molecule has 1 saturated heterocycles. The second-order valence-electron chi connectivity index (χ2n) is 9.72. The van der Waals surface area contributed by atoms with E-state index in [0.29, 0.717) is 22.5 Å². The third-order valence-corrected chi connectivity index (χ3v) is 7.01. The first-order valence-corrected chi connectivity index (χ1v) is 12.5. The van der Waals surface area contributed by atoms with Gasteiger partial charge in [-0.25, -0.2) is 28.1 Å². The molecule has 0 saturated carbocycles. The third-order valence-electron chi connectivity index (χ3n) is 7.01. The summed E-state index contributed by atoms with van der Waals surface area (Å²) in [5.74, 6) is -2.91. The maximum Gasteiger partial charge on any atom is 0.329 e. The number of nitrogens with one attached hydrogen (secondary N) is 1. The molecule has 2 aromatic carbocycles. The van der Waals surface area contributed by atoms with Crippen molar-refractivity contribution in [3.8, 4) is 17.3 Å². The first kappa shape index (κ1) is 25.9. The summed E-state index contributed by atoms with van der Waals surface area (Å²) in [4.78, 5) is 43.1. The quantitative estimate of drug-likeness (QED) is 0.265. The maximum absolute atomic E-state index is 14.0. The van der Waals surface area contributed by atoms with E-state index >= 15 is 0 Å². The summed E-state index contributed by atoms with van der Waals surface area (Å²) in [6.07, 6.45) is 4.79. The number of urea groups is 1. The number of Topliss-reactive ketones (excluding diaryl/α,β-unsaturated/α-hetero) is 1. The van der Waals surface area contributed by atoms with Gasteiger partial charge in [0.05, 0.1) is 35.9 Å². The number of carbonyl (C=O) groups excluding carboxylic acids is 3. The number of allylic oxidation sites excluding steroid dienone is 1. The fourth-order valence-corrected chi connectivity index (χ4v) is 4.93. The molecule has 6 rings (SSSR count). The number of ketones is 1.